The molecule has 0 bridgehead atoms. The minimum Gasteiger partial charge on any atom is -0.508 e. The molecule has 3 N–H and O–H groups in total. The van der Waals surface area contributed by atoms with E-state index in [2.05, 4.69) is 10.6 Å². The Hall–Kier alpha value is -4.92. The number of imide groups is 2. The molecule has 1 fully saturated rings. The van der Waals surface area contributed by atoms with Crippen LogP contribution in [-0.4, -0.2) is 35.5 Å². The van der Waals surface area contributed by atoms with E-state index in [0.717, 1.165) is 16.0 Å². The summed E-state index contributed by atoms with van der Waals surface area (Å²) in [7, 11) is 0. The van der Waals surface area contributed by atoms with Crippen LogP contribution in [0.5, 0.6) is 11.5 Å². The average molecular weight is 485 g/mol. The van der Waals surface area contributed by atoms with Crippen molar-refractivity contribution < 1.29 is 29.0 Å². The summed E-state index contributed by atoms with van der Waals surface area (Å²) in [4.78, 5) is 50.9. The molecule has 0 unspecified atom stereocenters. The van der Waals surface area contributed by atoms with Gasteiger partial charge in [0.15, 0.2) is 6.61 Å². The Morgan fingerprint density at radius 1 is 1.03 bits per heavy atom. The van der Waals surface area contributed by atoms with Gasteiger partial charge in [0.1, 0.15) is 17.1 Å². The van der Waals surface area contributed by atoms with Crippen molar-refractivity contribution in [2.24, 2.45) is 0 Å². The Balaban J connectivity index is 1.48. The van der Waals surface area contributed by atoms with Crippen molar-refractivity contribution in [3.05, 3.63) is 89.0 Å². The first-order chi connectivity index (χ1) is 17.2. The van der Waals surface area contributed by atoms with Crippen molar-refractivity contribution in [2.75, 3.05) is 16.8 Å². The monoisotopic (exact) mass is 485 g/mol. The molecule has 0 saturated carbocycles. The number of carbonyl (C=O) groups is 4. The molecule has 3 aromatic carbocycles. The third-order valence-corrected chi connectivity index (χ3v) is 5.63. The first-order valence-corrected chi connectivity index (χ1v) is 11.0. The largest absolute Gasteiger partial charge is 0.508 e. The predicted molar refractivity (Wildman–Crippen MR) is 134 cm³/mol. The van der Waals surface area contributed by atoms with Crippen LogP contribution in [0.1, 0.15) is 16.7 Å². The van der Waals surface area contributed by atoms with Gasteiger partial charge in [-0.2, -0.15) is 0 Å². The highest BCUT2D eigenvalue weighted by atomic mass is 16.5. The van der Waals surface area contributed by atoms with Gasteiger partial charge >= 0.3 is 6.03 Å². The highest BCUT2D eigenvalue weighted by molar-refractivity contribution is 6.39. The number of carbonyl (C=O) groups excluding carboxylic acids is 4. The normalized spacial score (nSPS) is 14.6. The van der Waals surface area contributed by atoms with Crippen molar-refractivity contribution in [3.8, 4) is 11.5 Å². The standard InChI is InChI=1S/C27H23N3O6/c1-16-5-3-8-23(17(16)2)28-24(32)15-36-21-7-4-6-18(13-21)14-22-25(33)29-27(35)30(26(22)34)19-9-11-20(31)12-10-19/h3-14,31H,15H2,1-2H3,(H,28,32)(H,29,33,35)/b22-14-. The van der Waals surface area contributed by atoms with E-state index in [4.69, 9.17) is 4.74 Å². The minimum atomic E-state index is -0.889. The topological polar surface area (TPSA) is 125 Å². The van der Waals surface area contributed by atoms with E-state index in [9.17, 15) is 24.3 Å². The lowest BCUT2D eigenvalue weighted by molar-refractivity contribution is -0.122. The fraction of sp³-hybridized carbons (Fsp3) is 0.111. The zero-order chi connectivity index (χ0) is 25.8. The van der Waals surface area contributed by atoms with E-state index in [0.29, 0.717) is 17.0 Å². The van der Waals surface area contributed by atoms with Gasteiger partial charge in [-0.15, -0.1) is 0 Å². The van der Waals surface area contributed by atoms with E-state index < -0.39 is 17.8 Å². The van der Waals surface area contributed by atoms with Crippen LogP contribution in [0, 0.1) is 13.8 Å². The van der Waals surface area contributed by atoms with Crippen LogP contribution in [0.3, 0.4) is 0 Å². The third kappa shape index (κ3) is 5.25. The van der Waals surface area contributed by atoms with Gasteiger partial charge in [0, 0.05) is 5.69 Å². The second-order valence-electron chi connectivity index (χ2n) is 8.13. The lowest BCUT2D eigenvalue weighted by atomic mass is 10.1. The van der Waals surface area contributed by atoms with Crippen LogP contribution >= 0.6 is 0 Å². The number of nitrogens with one attached hydrogen (secondary N) is 2. The molecule has 1 saturated heterocycles. The molecule has 4 rings (SSSR count). The van der Waals surface area contributed by atoms with Crippen LogP contribution in [0.25, 0.3) is 6.08 Å². The Kier molecular flexibility index (Phi) is 6.82. The molecule has 0 atom stereocenters. The number of rotatable bonds is 6. The number of phenolic OH excluding ortho intramolecular Hbond substituents is 1. The minimum absolute atomic E-state index is 0.0324. The van der Waals surface area contributed by atoms with Crippen molar-refractivity contribution in [2.45, 2.75) is 13.8 Å². The highest BCUT2D eigenvalue weighted by Gasteiger charge is 2.36. The van der Waals surface area contributed by atoms with Crippen LogP contribution in [0.4, 0.5) is 16.2 Å². The Morgan fingerprint density at radius 2 is 1.75 bits per heavy atom. The fourth-order valence-electron chi connectivity index (χ4n) is 3.58. The molecule has 9 nitrogen and oxygen atoms in total. The molecule has 1 heterocycles. The fourth-order valence-corrected chi connectivity index (χ4v) is 3.58. The van der Waals surface area contributed by atoms with Crippen molar-refractivity contribution in [3.63, 3.8) is 0 Å². The number of nitrogens with zero attached hydrogens (tertiary/aromatic N) is 1. The van der Waals surface area contributed by atoms with Gasteiger partial charge in [0.25, 0.3) is 17.7 Å². The van der Waals surface area contributed by atoms with Gasteiger partial charge < -0.3 is 15.2 Å². The summed E-state index contributed by atoms with van der Waals surface area (Å²) in [6, 6.07) is 16.7. The maximum atomic E-state index is 13.0. The SMILES string of the molecule is Cc1cccc(NC(=O)COc2cccc(/C=C3/C(=O)NC(=O)N(c4ccc(O)cc4)C3=O)c2)c1C. The lowest BCUT2D eigenvalue weighted by Crippen LogP contribution is -2.54. The summed E-state index contributed by atoms with van der Waals surface area (Å²) < 4.78 is 5.60. The number of phenols is 1. The molecular formula is C27H23N3O6. The van der Waals surface area contributed by atoms with Gasteiger partial charge in [-0.05, 0) is 79.1 Å². The van der Waals surface area contributed by atoms with E-state index in [1.54, 1.807) is 24.3 Å². The number of aromatic hydroxyl groups is 1. The summed E-state index contributed by atoms with van der Waals surface area (Å²) in [5.74, 6) is -1.66. The first-order valence-electron chi connectivity index (χ1n) is 11.0. The summed E-state index contributed by atoms with van der Waals surface area (Å²) in [6.45, 7) is 3.64. The molecule has 0 spiro atoms. The maximum absolute atomic E-state index is 13.0. The van der Waals surface area contributed by atoms with Crippen molar-refractivity contribution in [1.29, 1.82) is 0 Å². The molecule has 0 aliphatic carbocycles. The molecule has 0 aromatic heterocycles. The average Bonchev–Trinajstić information content (AvgIpc) is 2.85. The second-order valence-corrected chi connectivity index (χ2v) is 8.13. The van der Waals surface area contributed by atoms with Crippen LogP contribution in [0.15, 0.2) is 72.3 Å². The number of benzene rings is 3. The number of amides is 5. The molecule has 0 radical (unpaired) electrons. The summed E-state index contributed by atoms with van der Waals surface area (Å²) >= 11 is 0. The van der Waals surface area contributed by atoms with Gasteiger partial charge in [-0.1, -0.05) is 24.3 Å². The predicted octanol–water partition coefficient (Wildman–Crippen LogP) is 3.69. The van der Waals surface area contributed by atoms with E-state index in [-0.39, 0.29) is 29.5 Å². The molecule has 9 heteroatoms. The third-order valence-electron chi connectivity index (χ3n) is 5.63. The van der Waals surface area contributed by atoms with E-state index >= 15 is 0 Å². The van der Waals surface area contributed by atoms with Gasteiger partial charge in [-0.3, -0.25) is 19.7 Å². The summed E-state index contributed by atoms with van der Waals surface area (Å²) in [5, 5.41) is 14.4. The summed E-state index contributed by atoms with van der Waals surface area (Å²) in [6.07, 6.45) is 1.33. The van der Waals surface area contributed by atoms with Crippen LogP contribution < -0.4 is 20.3 Å². The Morgan fingerprint density at radius 3 is 2.50 bits per heavy atom. The second kappa shape index (κ2) is 10.1. The molecule has 3 aromatic rings. The Labute approximate surface area is 207 Å². The quantitative estimate of drug-likeness (QED) is 0.361. The molecule has 5 amide bonds. The van der Waals surface area contributed by atoms with Crippen molar-refractivity contribution >= 4 is 41.2 Å². The molecule has 182 valence electrons. The van der Waals surface area contributed by atoms with Gasteiger partial charge in [-0.25, -0.2) is 9.69 Å². The summed E-state index contributed by atoms with van der Waals surface area (Å²) in [5.41, 5.74) is 3.13. The zero-order valence-electron chi connectivity index (χ0n) is 19.6. The molecule has 36 heavy (non-hydrogen) atoms. The molecule has 1 aliphatic rings. The number of anilines is 2. The van der Waals surface area contributed by atoms with Gasteiger partial charge in [0.05, 0.1) is 5.69 Å². The molecular weight excluding hydrogens is 462 g/mol. The number of ether oxygens (including phenoxy) is 1. The number of hydrogen-bond acceptors (Lipinski definition) is 6. The van der Waals surface area contributed by atoms with Crippen molar-refractivity contribution in [1.82, 2.24) is 5.32 Å². The van der Waals surface area contributed by atoms with Crippen LogP contribution in [0.2, 0.25) is 0 Å². The van der Waals surface area contributed by atoms with Gasteiger partial charge in [0.2, 0.25) is 0 Å². The zero-order valence-corrected chi connectivity index (χ0v) is 19.6. The number of hydrogen-bond donors (Lipinski definition) is 3. The van der Waals surface area contributed by atoms with E-state index in [1.807, 2.05) is 32.0 Å². The maximum Gasteiger partial charge on any atom is 0.335 e. The lowest BCUT2D eigenvalue weighted by Gasteiger charge is -2.26. The molecule has 1 aliphatic heterocycles. The first kappa shape index (κ1) is 24.2. The Bertz CT molecular complexity index is 1390. The number of urea groups is 1. The number of barbiturate groups is 1. The smallest absolute Gasteiger partial charge is 0.335 e. The van der Waals surface area contributed by atoms with Crippen LogP contribution in [-0.2, 0) is 14.4 Å². The number of aryl methyl sites for hydroxylation is 1. The van der Waals surface area contributed by atoms with E-state index in [1.165, 1.54) is 30.3 Å². The highest BCUT2D eigenvalue weighted by Crippen LogP contribution is 2.25.